The van der Waals surface area contributed by atoms with Gasteiger partial charge in [0.15, 0.2) is 0 Å². The SMILES string of the molecule is [Cl][Ho]([Cl])[Cl].[Er].[Tm]. The largest absolute Gasteiger partial charge is 0 e. The van der Waals surface area contributed by atoms with Crippen molar-refractivity contribution < 1.29 is 102 Å². The molecule has 0 aromatic carbocycles. The summed E-state index contributed by atoms with van der Waals surface area (Å²) in [6, 6.07) is 0. The van der Waals surface area contributed by atoms with Crippen LogP contribution in [0.15, 0.2) is 0 Å². The van der Waals surface area contributed by atoms with Crippen LogP contribution in [0.1, 0.15) is 0 Å². The predicted molar refractivity (Wildman–Crippen MR) is 17.6 cm³/mol. The number of rotatable bonds is 0. The van der Waals surface area contributed by atoms with E-state index in [0.29, 0.717) is 0 Å². The molecule has 0 unspecified atom stereocenters. The number of halogens is 3. The molecule has 0 aromatic rings. The molecule has 0 N–H and O–H groups in total. The minimum atomic E-state index is -1.79. The normalized spacial score (nSPS) is 7.50. The summed E-state index contributed by atoms with van der Waals surface area (Å²) in [4.78, 5) is 0. The van der Waals surface area contributed by atoms with Crippen LogP contribution in [0.2, 0.25) is 0 Å². The van der Waals surface area contributed by atoms with E-state index in [1.807, 2.05) is 0 Å². The maximum absolute atomic E-state index is 4.95. The van der Waals surface area contributed by atoms with Crippen LogP contribution in [-0.2, 0) is 0 Å². The van der Waals surface area contributed by atoms with Gasteiger partial charge in [-0.15, -0.1) is 0 Å². The van der Waals surface area contributed by atoms with Gasteiger partial charge < -0.3 is 0 Å². The standard InChI is InChI=1S/3ClH.Er.Ho.Tm/h3*1H;;;/q;;;;+3;/p-3. The molecule has 0 saturated heterocycles. The average Bonchev–Trinajstić information content (AvgIpc) is 0.811. The Balaban J connectivity index is -0.0000000450. The molecule has 0 atom stereocenters. The van der Waals surface area contributed by atoms with Crippen LogP contribution in [0.3, 0.4) is 0 Å². The van der Waals surface area contributed by atoms with Gasteiger partial charge >= 0.3 is 46.6 Å². The molecule has 6 heavy (non-hydrogen) atoms. The van der Waals surface area contributed by atoms with Crippen LogP contribution in [0.4, 0.5) is 0 Å². The van der Waals surface area contributed by atoms with E-state index in [4.69, 9.17) is 19.2 Å². The van der Waals surface area contributed by atoms with Crippen molar-refractivity contribution >= 4 is 19.2 Å². The Labute approximate surface area is 117 Å². The first-order valence-electron chi connectivity index (χ1n) is 0.342. The maximum Gasteiger partial charge on any atom is 0 e. The van der Waals surface area contributed by atoms with Crippen molar-refractivity contribution in [3.05, 3.63) is 0 Å². The second kappa shape index (κ2) is 12.3. The molecule has 0 fully saturated rings. The molecular weight excluding hydrogens is 607 g/mol. The molecule has 57 valence electrons. The molecule has 0 aliphatic rings. The van der Waals surface area contributed by atoms with Crippen molar-refractivity contribution in [2.24, 2.45) is 0 Å². The number of hydrogen-bond donors (Lipinski definition) is 0. The zero-order chi connectivity index (χ0) is 3.58. The molecule has 0 rings (SSSR count). The van der Waals surface area contributed by atoms with Crippen LogP contribution >= 0.6 is 19.2 Å². The van der Waals surface area contributed by atoms with Crippen LogP contribution in [0.25, 0.3) is 0 Å². The van der Waals surface area contributed by atoms with Crippen molar-refractivity contribution in [2.45, 2.75) is 0 Å². The van der Waals surface area contributed by atoms with Crippen molar-refractivity contribution in [3.63, 3.8) is 0 Å². The van der Waals surface area contributed by atoms with Gasteiger partial charge in [-0.25, -0.2) is 0 Å². The van der Waals surface area contributed by atoms with E-state index in [-0.39, 0.29) is 74.2 Å². The Hall–Kier alpha value is 4.61. The van der Waals surface area contributed by atoms with Crippen LogP contribution in [-0.4, -0.2) is 0 Å². The van der Waals surface area contributed by atoms with E-state index in [0.717, 1.165) is 0 Å². The van der Waals surface area contributed by atoms with Gasteiger partial charge in [0.2, 0.25) is 0 Å². The van der Waals surface area contributed by atoms with E-state index < -0.39 is 27.4 Å². The van der Waals surface area contributed by atoms with E-state index in [1.54, 1.807) is 0 Å². The smallest absolute Gasteiger partial charge is 0 e. The van der Waals surface area contributed by atoms with Gasteiger partial charge in [-0.3, -0.25) is 0 Å². The molecule has 0 bridgehead atoms. The van der Waals surface area contributed by atoms with Crippen molar-refractivity contribution in [1.29, 1.82) is 0 Å². The quantitative estimate of drug-likeness (QED) is 0.371. The summed E-state index contributed by atoms with van der Waals surface area (Å²) in [5, 5.41) is 0. The van der Waals surface area contributed by atoms with Gasteiger partial charge in [-0.05, 0) is 0 Å². The summed E-state index contributed by atoms with van der Waals surface area (Å²) < 4.78 is 0. The van der Waals surface area contributed by atoms with Gasteiger partial charge in [0.05, 0.1) is 0 Å². The molecule has 0 heterocycles. The zero-order valence-electron chi connectivity index (χ0n) is 2.00. The predicted octanol–water partition coefficient (Wildman–Crippen LogP) is 2.07. The molecule has 0 saturated carbocycles. The molecule has 0 aliphatic heterocycles. The van der Waals surface area contributed by atoms with Gasteiger partial charge in [0.1, 0.15) is 0 Å². The van der Waals surface area contributed by atoms with Gasteiger partial charge in [-0.2, -0.15) is 0 Å². The summed E-state index contributed by atoms with van der Waals surface area (Å²) in [5.74, 6) is 0. The molecule has 0 spiro atoms. The van der Waals surface area contributed by atoms with E-state index in [2.05, 4.69) is 0 Å². The molecule has 0 aliphatic carbocycles. The Kier molecular flexibility index (Phi) is 34.7. The summed E-state index contributed by atoms with van der Waals surface area (Å²) in [7, 11) is 0. The van der Waals surface area contributed by atoms with Crippen LogP contribution < -0.4 is 0 Å². The van der Waals surface area contributed by atoms with Gasteiger partial charge in [0, 0.05) is 74.2 Å². The summed E-state index contributed by atoms with van der Waals surface area (Å²) in [6.07, 6.45) is 14.9. The third-order valence-corrected chi connectivity index (χ3v) is 0. The average molecular weight is 607 g/mol. The first-order valence-corrected chi connectivity index (χ1v) is 7.61. The molecule has 1 radical (unpaired) electrons. The fourth-order valence-corrected chi connectivity index (χ4v) is 0. The minimum Gasteiger partial charge on any atom is 0 e. The molecule has 0 amide bonds. The molecule has 0 aromatic heterocycles. The Morgan fingerprint density at radius 3 is 1.00 bits per heavy atom. The van der Waals surface area contributed by atoms with Crippen LogP contribution in [0.5, 0.6) is 0 Å². The van der Waals surface area contributed by atoms with Crippen LogP contribution in [0, 0.1) is 102 Å². The number of hydrogen-bond acceptors (Lipinski definition) is 0. The van der Waals surface area contributed by atoms with Gasteiger partial charge in [-0.1, -0.05) is 0 Å². The summed E-state index contributed by atoms with van der Waals surface area (Å²) >= 11 is -1.79. The van der Waals surface area contributed by atoms with E-state index >= 15 is 0 Å². The monoisotopic (exact) mass is 605 g/mol. The summed E-state index contributed by atoms with van der Waals surface area (Å²) in [6.45, 7) is 0. The van der Waals surface area contributed by atoms with E-state index in [1.165, 1.54) is 0 Å². The topological polar surface area (TPSA) is 0 Å². The fraction of sp³-hybridized carbons (Fsp3) is 0. The Morgan fingerprint density at radius 2 is 1.00 bits per heavy atom. The van der Waals surface area contributed by atoms with Crippen molar-refractivity contribution in [3.8, 4) is 0 Å². The molecule has 0 nitrogen and oxygen atoms in total. The molecular formula is Cl3ErHoTm. The zero-order valence-corrected chi connectivity index (χ0v) is 9.84. The Morgan fingerprint density at radius 1 is 1.00 bits per heavy atom. The Bertz CT molecular complexity index is 15.5. The second-order valence-electron chi connectivity index (χ2n) is 0.129. The van der Waals surface area contributed by atoms with E-state index in [9.17, 15) is 0 Å². The van der Waals surface area contributed by atoms with Crippen molar-refractivity contribution in [2.75, 3.05) is 0 Å². The fourth-order valence-electron chi connectivity index (χ4n) is 0. The third-order valence-electron chi connectivity index (χ3n) is 0. The molecule has 6 heteroatoms. The minimum absolute atomic E-state index is 0. The second-order valence-corrected chi connectivity index (χ2v) is 8.62. The van der Waals surface area contributed by atoms with Gasteiger partial charge in [0.25, 0.3) is 0 Å². The van der Waals surface area contributed by atoms with Crippen molar-refractivity contribution in [1.82, 2.24) is 0 Å². The summed E-state index contributed by atoms with van der Waals surface area (Å²) in [5.41, 5.74) is 0. The first kappa shape index (κ1) is 16.9. The maximum atomic E-state index is 4.95. The third kappa shape index (κ3) is 23.5. The first-order chi connectivity index (χ1) is 1.73.